The molecule has 1 aliphatic heterocycles. The van der Waals surface area contributed by atoms with Crippen LogP contribution in [0, 0.1) is 0 Å². The number of morpholine rings is 1. The standard InChI is InChI=1S/C20H23NO2/c22-17-8-6-16-7-9-19-20(18(16)14-17)23-13-12-21(19)11-10-15-4-2-1-3-5-15/h1-6,8,14,19-20,22H,7,9-13H2/t19-,20-/m1/s1. The van der Waals surface area contributed by atoms with Gasteiger partial charge in [0, 0.05) is 19.1 Å². The van der Waals surface area contributed by atoms with Crippen LogP contribution in [-0.4, -0.2) is 35.7 Å². The first-order valence-corrected chi connectivity index (χ1v) is 8.52. The first kappa shape index (κ1) is 14.7. The molecule has 2 aliphatic rings. The number of hydrogen-bond donors (Lipinski definition) is 1. The molecule has 4 rings (SSSR count). The van der Waals surface area contributed by atoms with E-state index in [1.54, 1.807) is 6.07 Å². The summed E-state index contributed by atoms with van der Waals surface area (Å²) in [5.41, 5.74) is 3.91. The number of phenolic OH excluding ortho intramolecular Hbond substituents is 1. The van der Waals surface area contributed by atoms with Crippen molar-refractivity contribution in [3.63, 3.8) is 0 Å². The zero-order valence-electron chi connectivity index (χ0n) is 13.3. The lowest BCUT2D eigenvalue weighted by molar-refractivity contribution is -0.0798. The van der Waals surface area contributed by atoms with Crippen LogP contribution in [0.2, 0.25) is 0 Å². The molecule has 0 spiro atoms. The minimum absolute atomic E-state index is 0.107. The molecule has 2 atom stereocenters. The fourth-order valence-corrected chi connectivity index (χ4v) is 3.97. The van der Waals surface area contributed by atoms with Gasteiger partial charge in [0.15, 0.2) is 0 Å². The third-order valence-electron chi connectivity index (χ3n) is 5.17. The summed E-state index contributed by atoms with van der Waals surface area (Å²) in [6.07, 6.45) is 3.39. The van der Waals surface area contributed by atoms with Crippen molar-refractivity contribution in [1.29, 1.82) is 0 Å². The second kappa shape index (κ2) is 6.34. The summed E-state index contributed by atoms with van der Waals surface area (Å²) in [6.45, 7) is 2.84. The maximum Gasteiger partial charge on any atom is 0.115 e. The van der Waals surface area contributed by atoms with Crippen molar-refractivity contribution < 1.29 is 9.84 Å². The fraction of sp³-hybridized carbons (Fsp3) is 0.400. The van der Waals surface area contributed by atoms with Crippen molar-refractivity contribution in [3.8, 4) is 5.75 Å². The topological polar surface area (TPSA) is 32.7 Å². The molecular weight excluding hydrogens is 286 g/mol. The van der Waals surface area contributed by atoms with Gasteiger partial charge in [-0.25, -0.2) is 0 Å². The van der Waals surface area contributed by atoms with Crippen LogP contribution in [0.1, 0.15) is 29.2 Å². The number of aryl methyl sites for hydroxylation is 1. The monoisotopic (exact) mass is 309 g/mol. The zero-order chi connectivity index (χ0) is 15.6. The highest BCUT2D eigenvalue weighted by Gasteiger charge is 2.37. The number of fused-ring (bicyclic) bond motifs is 3. The van der Waals surface area contributed by atoms with Gasteiger partial charge in [-0.1, -0.05) is 36.4 Å². The van der Waals surface area contributed by atoms with Crippen molar-refractivity contribution in [2.45, 2.75) is 31.4 Å². The van der Waals surface area contributed by atoms with Gasteiger partial charge in [-0.15, -0.1) is 0 Å². The Bertz CT molecular complexity index is 671. The second-order valence-electron chi connectivity index (χ2n) is 6.55. The second-order valence-corrected chi connectivity index (χ2v) is 6.55. The molecule has 1 N–H and O–H groups in total. The van der Waals surface area contributed by atoms with E-state index in [0.29, 0.717) is 11.8 Å². The van der Waals surface area contributed by atoms with Crippen LogP contribution in [0.15, 0.2) is 48.5 Å². The van der Waals surface area contributed by atoms with Gasteiger partial charge in [0.25, 0.3) is 0 Å². The maximum absolute atomic E-state index is 9.83. The molecule has 0 radical (unpaired) electrons. The lowest BCUT2D eigenvalue weighted by Gasteiger charge is -2.44. The van der Waals surface area contributed by atoms with Gasteiger partial charge in [0.1, 0.15) is 5.75 Å². The molecule has 23 heavy (non-hydrogen) atoms. The Balaban J connectivity index is 1.51. The molecule has 2 aromatic rings. The van der Waals surface area contributed by atoms with Crippen molar-refractivity contribution in [2.75, 3.05) is 19.7 Å². The Hall–Kier alpha value is -1.84. The first-order valence-electron chi connectivity index (χ1n) is 8.52. The van der Waals surface area contributed by atoms with E-state index >= 15 is 0 Å². The molecule has 1 saturated heterocycles. The summed E-state index contributed by atoms with van der Waals surface area (Å²) in [6, 6.07) is 16.8. The average Bonchev–Trinajstić information content (AvgIpc) is 2.60. The highest BCUT2D eigenvalue weighted by molar-refractivity contribution is 5.39. The molecule has 0 unspecified atom stereocenters. The maximum atomic E-state index is 9.83. The van der Waals surface area contributed by atoms with E-state index in [1.165, 1.54) is 16.7 Å². The van der Waals surface area contributed by atoms with E-state index in [-0.39, 0.29) is 6.10 Å². The molecule has 0 aromatic heterocycles. The van der Waals surface area contributed by atoms with E-state index in [0.717, 1.165) is 39.0 Å². The zero-order valence-corrected chi connectivity index (χ0v) is 13.3. The van der Waals surface area contributed by atoms with Gasteiger partial charge in [-0.05, 0) is 48.1 Å². The molecule has 0 amide bonds. The van der Waals surface area contributed by atoms with Gasteiger partial charge >= 0.3 is 0 Å². The van der Waals surface area contributed by atoms with Gasteiger partial charge in [-0.3, -0.25) is 4.90 Å². The van der Waals surface area contributed by atoms with Crippen LogP contribution in [0.25, 0.3) is 0 Å². The molecule has 0 bridgehead atoms. The molecule has 3 nitrogen and oxygen atoms in total. The highest BCUT2D eigenvalue weighted by atomic mass is 16.5. The third kappa shape index (κ3) is 2.99. The van der Waals surface area contributed by atoms with Crippen molar-refractivity contribution in [3.05, 3.63) is 65.2 Å². The Morgan fingerprint density at radius 2 is 2.00 bits per heavy atom. The number of ether oxygens (including phenoxy) is 1. The molecule has 2 aromatic carbocycles. The molecule has 3 heteroatoms. The predicted molar refractivity (Wildman–Crippen MR) is 90.6 cm³/mol. The smallest absolute Gasteiger partial charge is 0.115 e. The van der Waals surface area contributed by atoms with Gasteiger partial charge < -0.3 is 9.84 Å². The summed E-state index contributed by atoms with van der Waals surface area (Å²) in [5.74, 6) is 0.342. The number of benzene rings is 2. The molecule has 1 heterocycles. The number of phenols is 1. The van der Waals surface area contributed by atoms with Gasteiger partial charge in [0.05, 0.1) is 12.7 Å². The van der Waals surface area contributed by atoms with E-state index in [2.05, 4.69) is 35.2 Å². The highest BCUT2D eigenvalue weighted by Crippen LogP contribution is 2.39. The quantitative estimate of drug-likeness (QED) is 0.944. The molecule has 0 saturated carbocycles. The molecule has 1 fully saturated rings. The van der Waals surface area contributed by atoms with Crippen LogP contribution in [0.4, 0.5) is 0 Å². The van der Waals surface area contributed by atoms with Crippen LogP contribution in [0.5, 0.6) is 5.75 Å². The fourth-order valence-electron chi connectivity index (χ4n) is 3.97. The molecule has 120 valence electrons. The average molecular weight is 309 g/mol. The van der Waals surface area contributed by atoms with E-state index in [1.807, 2.05) is 12.1 Å². The van der Waals surface area contributed by atoms with Crippen LogP contribution < -0.4 is 0 Å². The first-order chi connectivity index (χ1) is 11.3. The largest absolute Gasteiger partial charge is 0.508 e. The minimum atomic E-state index is 0.107. The molecular formula is C20H23NO2. The molecule has 1 aliphatic carbocycles. The van der Waals surface area contributed by atoms with E-state index < -0.39 is 0 Å². The Morgan fingerprint density at radius 1 is 1.13 bits per heavy atom. The van der Waals surface area contributed by atoms with Gasteiger partial charge in [-0.2, -0.15) is 0 Å². The summed E-state index contributed by atoms with van der Waals surface area (Å²) < 4.78 is 6.09. The Kier molecular flexibility index (Phi) is 4.06. The minimum Gasteiger partial charge on any atom is -0.508 e. The van der Waals surface area contributed by atoms with Crippen LogP contribution in [-0.2, 0) is 17.6 Å². The van der Waals surface area contributed by atoms with Gasteiger partial charge in [0.2, 0.25) is 0 Å². The number of nitrogens with zero attached hydrogens (tertiary/aromatic N) is 1. The van der Waals surface area contributed by atoms with Crippen molar-refractivity contribution >= 4 is 0 Å². The Labute approximate surface area is 137 Å². The summed E-state index contributed by atoms with van der Waals surface area (Å²) in [5, 5.41) is 9.83. The summed E-state index contributed by atoms with van der Waals surface area (Å²) in [7, 11) is 0. The lowest BCUT2D eigenvalue weighted by atomic mass is 9.84. The van der Waals surface area contributed by atoms with E-state index in [4.69, 9.17) is 4.74 Å². The Morgan fingerprint density at radius 3 is 2.87 bits per heavy atom. The number of rotatable bonds is 3. The predicted octanol–water partition coefficient (Wildman–Crippen LogP) is 3.32. The third-order valence-corrected chi connectivity index (χ3v) is 5.17. The lowest BCUT2D eigenvalue weighted by Crippen LogP contribution is -2.49. The number of hydrogen-bond acceptors (Lipinski definition) is 3. The normalized spacial score (nSPS) is 24.0. The van der Waals surface area contributed by atoms with Crippen molar-refractivity contribution in [1.82, 2.24) is 4.90 Å². The summed E-state index contributed by atoms with van der Waals surface area (Å²) in [4.78, 5) is 2.58. The van der Waals surface area contributed by atoms with Crippen LogP contribution >= 0.6 is 0 Å². The summed E-state index contributed by atoms with van der Waals surface area (Å²) >= 11 is 0. The van der Waals surface area contributed by atoms with E-state index in [9.17, 15) is 5.11 Å². The number of aromatic hydroxyl groups is 1. The van der Waals surface area contributed by atoms with Crippen molar-refractivity contribution in [2.24, 2.45) is 0 Å². The SMILES string of the molecule is Oc1ccc2c(c1)[C@H]1OCCN(CCc3ccccc3)[C@@H]1CC2. The van der Waals surface area contributed by atoms with Crippen LogP contribution in [0.3, 0.4) is 0 Å².